The summed E-state index contributed by atoms with van der Waals surface area (Å²) < 4.78 is 12.6. The number of ether oxygens (including phenoxy) is 2. The van der Waals surface area contributed by atoms with E-state index >= 15 is 0 Å². The zero-order chi connectivity index (χ0) is 41.7. The predicted octanol–water partition coefficient (Wildman–Crippen LogP) is 7.30. The second-order valence-corrected chi connectivity index (χ2v) is 16.8. The van der Waals surface area contributed by atoms with Crippen LogP contribution < -0.4 is 11.5 Å². The Morgan fingerprint density at radius 3 is 1.45 bits per heavy atom. The topological polar surface area (TPSA) is 228 Å². The van der Waals surface area contributed by atoms with Gasteiger partial charge < -0.3 is 40.7 Å². The Morgan fingerprint density at radius 1 is 0.667 bits per heavy atom. The van der Waals surface area contributed by atoms with Crippen LogP contribution in [0.2, 0.25) is 0 Å². The van der Waals surface area contributed by atoms with Crippen molar-refractivity contribution in [2.75, 3.05) is 13.1 Å². The molecule has 4 amide bonds. The molecule has 2 aliphatic heterocycles. The maximum Gasteiger partial charge on any atom is 0.405 e. The number of H-pyrrole nitrogens is 2. The number of hydrogen-bond acceptors (Lipinski definition) is 12. The minimum Gasteiger partial charge on any atom is -0.431 e. The number of nitrogens with one attached hydrogen (secondary N) is 2. The molecule has 0 radical (unpaired) electrons. The van der Waals surface area contributed by atoms with Crippen LogP contribution in [0.25, 0.3) is 41.8 Å². The molecule has 4 atom stereocenters. The number of hydrogen-bond donors (Lipinski definition) is 4. The Morgan fingerprint density at radius 2 is 1.07 bits per heavy atom. The van der Waals surface area contributed by atoms with E-state index in [0.29, 0.717) is 48.7 Å². The van der Waals surface area contributed by atoms with Crippen LogP contribution in [0.4, 0.5) is 9.59 Å². The van der Waals surface area contributed by atoms with Crippen LogP contribution >= 0.6 is 22.7 Å². The van der Waals surface area contributed by atoms with Crippen LogP contribution in [0.5, 0.6) is 0 Å². The summed E-state index contributed by atoms with van der Waals surface area (Å²) in [6.45, 7) is 5.06. The molecule has 0 aliphatic carbocycles. The lowest BCUT2D eigenvalue weighted by atomic mass is 10.1. The summed E-state index contributed by atoms with van der Waals surface area (Å²) in [6, 6.07) is 17.0. The highest BCUT2D eigenvalue weighted by Gasteiger charge is 2.39. The molecule has 6 N–H and O–H groups in total. The molecule has 6 heterocycles. The molecule has 2 saturated heterocycles. The van der Waals surface area contributed by atoms with Crippen molar-refractivity contribution < 1.29 is 28.7 Å². The van der Waals surface area contributed by atoms with Crippen LogP contribution in [0.1, 0.15) is 83.9 Å². The molecular weight excluding hydrogens is 805 g/mol. The highest BCUT2D eigenvalue weighted by atomic mass is 32.1. The first-order valence-corrected chi connectivity index (χ1v) is 21.1. The molecule has 0 saturated carbocycles. The van der Waals surface area contributed by atoms with Gasteiger partial charge >= 0.3 is 12.2 Å². The van der Waals surface area contributed by atoms with Gasteiger partial charge in [0.2, 0.25) is 12.2 Å². The molecule has 2 aliphatic rings. The standard InChI is InChI=1S/C42H40N10O6S2/c1-21-29-34(60-37(49-29)25-19-45-35(47-25)27-15-9-17-51(27)39(53)31(57-41(43)55)23-11-5-3-6-12-23)22(2)30-33(21)59-38(50-30)26-20-46-36(48-26)28-16-10-18-52(28)40(54)32(58-42(44)56)24-13-7-4-8-14-24/h3-8,11-14,19-20,27-28,31-32H,9-10,15-18H2,1-2H3,(H2,43,55)(H2,44,56)(H,45,47)(H,46,48)/t27?,28?,31-,32-/m1/s1. The predicted molar refractivity (Wildman–Crippen MR) is 225 cm³/mol. The third kappa shape index (κ3) is 7.10. The van der Waals surface area contributed by atoms with Gasteiger partial charge in [0.1, 0.15) is 21.7 Å². The number of carbonyl (C=O) groups is 4. The fraction of sp³-hybridized carbons (Fsp3) is 0.286. The van der Waals surface area contributed by atoms with Crippen LogP contribution in [0.3, 0.4) is 0 Å². The smallest absolute Gasteiger partial charge is 0.405 e. The van der Waals surface area contributed by atoms with Gasteiger partial charge in [0.15, 0.2) is 0 Å². The zero-order valence-electron chi connectivity index (χ0n) is 32.6. The number of likely N-dealkylation sites (tertiary alicyclic amines) is 2. The van der Waals surface area contributed by atoms with E-state index in [2.05, 4.69) is 9.97 Å². The van der Waals surface area contributed by atoms with Gasteiger partial charge in [-0.15, -0.1) is 22.7 Å². The third-order valence-corrected chi connectivity index (χ3v) is 13.5. The quantitative estimate of drug-likeness (QED) is 0.107. The number of nitrogens with two attached hydrogens (primary N) is 2. The van der Waals surface area contributed by atoms with Crippen molar-refractivity contribution in [3.8, 4) is 21.4 Å². The van der Waals surface area contributed by atoms with Crippen molar-refractivity contribution in [2.24, 2.45) is 11.5 Å². The highest BCUT2D eigenvalue weighted by molar-refractivity contribution is 7.23. The first-order chi connectivity index (χ1) is 29.0. The summed E-state index contributed by atoms with van der Waals surface area (Å²) in [5, 5.41) is 1.51. The highest BCUT2D eigenvalue weighted by Crippen LogP contribution is 2.43. The summed E-state index contributed by atoms with van der Waals surface area (Å²) in [5.41, 5.74) is 17.0. The van der Waals surface area contributed by atoms with Crippen molar-refractivity contribution >= 4 is 67.1 Å². The Bertz CT molecular complexity index is 2520. The van der Waals surface area contributed by atoms with Crippen molar-refractivity contribution in [1.29, 1.82) is 0 Å². The lowest BCUT2D eigenvalue weighted by molar-refractivity contribution is -0.142. The molecule has 0 bridgehead atoms. The Balaban J connectivity index is 0.957. The van der Waals surface area contributed by atoms with E-state index in [1.165, 1.54) is 0 Å². The normalized spacial score (nSPS) is 17.6. The van der Waals surface area contributed by atoms with Crippen LogP contribution in [0.15, 0.2) is 73.1 Å². The minimum absolute atomic E-state index is 0.345. The number of rotatable bonds is 10. The molecule has 18 heteroatoms. The molecule has 306 valence electrons. The fourth-order valence-corrected chi connectivity index (χ4v) is 10.5. The molecule has 16 nitrogen and oxygen atoms in total. The van der Waals surface area contributed by atoms with Crippen molar-refractivity contribution in [3.05, 3.63) is 107 Å². The number of amides is 4. The fourth-order valence-electron chi connectivity index (χ4n) is 8.27. The Kier molecular flexibility index (Phi) is 10.2. The summed E-state index contributed by atoms with van der Waals surface area (Å²) in [5.74, 6) is 0.538. The van der Waals surface area contributed by atoms with Gasteiger partial charge in [0, 0.05) is 24.2 Å². The number of benzene rings is 3. The van der Waals surface area contributed by atoms with E-state index in [1.807, 2.05) is 26.0 Å². The molecule has 3 aromatic carbocycles. The van der Waals surface area contributed by atoms with Crippen LogP contribution in [-0.4, -0.2) is 76.8 Å². The molecule has 9 rings (SSSR count). The number of thiazole rings is 2. The summed E-state index contributed by atoms with van der Waals surface area (Å²) in [6.07, 6.45) is 2.02. The maximum atomic E-state index is 13.8. The largest absolute Gasteiger partial charge is 0.431 e. The monoisotopic (exact) mass is 844 g/mol. The van der Waals surface area contributed by atoms with Crippen molar-refractivity contribution in [3.63, 3.8) is 0 Å². The number of fused-ring (bicyclic) bond motifs is 2. The van der Waals surface area contributed by atoms with Gasteiger partial charge in [-0.25, -0.2) is 29.5 Å². The number of primary amides is 2. The second-order valence-electron chi connectivity index (χ2n) is 14.8. The lowest BCUT2D eigenvalue weighted by Crippen LogP contribution is -2.37. The molecule has 4 aromatic heterocycles. The summed E-state index contributed by atoms with van der Waals surface area (Å²) in [7, 11) is 0. The molecule has 2 unspecified atom stereocenters. The van der Waals surface area contributed by atoms with Crippen LogP contribution in [-0.2, 0) is 19.1 Å². The lowest BCUT2D eigenvalue weighted by Gasteiger charge is -2.27. The van der Waals surface area contributed by atoms with E-state index < -0.39 is 24.4 Å². The van der Waals surface area contributed by atoms with Gasteiger partial charge in [-0.05, 0) is 50.7 Å². The number of aromatic amines is 2. The Hall–Kier alpha value is -6.66. The molecule has 7 aromatic rings. The molecule has 0 spiro atoms. The van der Waals surface area contributed by atoms with Gasteiger partial charge in [0.25, 0.3) is 11.8 Å². The van der Waals surface area contributed by atoms with E-state index in [1.54, 1.807) is 93.4 Å². The molecule has 2 fully saturated rings. The number of imidazole rings is 2. The minimum atomic E-state index is -1.16. The average molecular weight is 845 g/mol. The third-order valence-electron chi connectivity index (χ3n) is 11.1. The van der Waals surface area contributed by atoms with Gasteiger partial charge in [-0.1, -0.05) is 60.7 Å². The number of nitrogens with zero attached hydrogens (tertiary/aromatic N) is 6. The van der Waals surface area contributed by atoms with Crippen molar-refractivity contribution in [1.82, 2.24) is 39.7 Å². The molecular formula is C42H40N10O6S2. The second kappa shape index (κ2) is 15.8. The Labute approximate surface area is 351 Å². The van der Waals surface area contributed by atoms with E-state index in [9.17, 15) is 19.2 Å². The number of carbonyl (C=O) groups excluding carboxylic acids is 4. The van der Waals surface area contributed by atoms with E-state index in [4.69, 9.17) is 40.9 Å². The van der Waals surface area contributed by atoms with E-state index in [0.717, 1.165) is 65.8 Å². The maximum absolute atomic E-state index is 13.8. The summed E-state index contributed by atoms with van der Waals surface area (Å²) >= 11 is 3.09. The van der Waals surface area contributed by atoms with Crippen molar-refractivity contribution in [2.45, 2.75) is 63.8 Å². The van der Waals surface area contributed by atoms with Gasteiger partial charge in [-0.2, -0.15) is 0 Å². The number of aryl methyl sites for hydroxylation is 2. The van der Waals surface area contributed by atoms with E-state index in [-0.39, 0.29) is 23.9 Å². The molecule has 60 heavy (non-hydrogen) atoms. The zero-order valence-corrected chi connectivity index (χ0v) is 34.2. The first kappa shape index (κ1) is 38.8. The average Bonchev–Trinajstić information content (AvgIpc) is 4.10. The SMILES string of the molecule is Cc1c2nc(-c3cnc(C4CCCN4C(=O)[C@H](OC(N)=O)c4ccccc4)[nH]3)sc2c(C)c2nc(-c3cnc(C4CCCN4C(=O)[C@H](OC(N)=O)c4ccccc4)[nH]3)sc12. The van der Waals surface area contributed by atoms with Gasteiger partial charge in [-0.3, -0.25) is 9.59 Å². The first-order valence-electron chi connectivity index (χ1n) is 19.5. The van der Waals surface area contributed by atoms with Crippen LogP contribution in [0, 0.1) is 13.8 Å². The number of aromatic nitrogens is 6. The van der Waals surface area contributed by atoms with Gasteiger partial charge in [0.05, 0.1) is 56.3 Å². The summed E-state index contributed by atoms with van der Waals surface area (Å²) in [4.78, 5) is 81.1.